The number of hydrogen-bond acceptors (Lipinski definition) is 2. The normalized spacial score (nSPS) is 15.2. The van der Waals surface area contributed by atoms with Crippen molar-refractivity contribution in [3.05, 3.63) is 23.7 Å². The van der Waals surface area contributed by atoms with Gasteiger partial charge < -0.3 is 10.6 Å². The summed E-state index contributed by atoms with van der Waals surface area (Å²) in [5.74, 6) is 5.59. The van der Waals surface area contributed by atoms with Gasteiger partial charge in [0.15, 0.2) is 0 Å². The van der Waals surface area contributed by atoms with Gasteiger partial charge in [-0.3, -0.25) is 0 Å². The minimum absolute atomic E-state index is 0.158. The lowest BCUT2D eigenvalue weighted by Crippen LogP contribution is -2.17. The summed E-state index contributed by atoms with van der Waals surface area (Å²) in [6.45, 7) is 0.894. The third kappa shape index (κ3) is 2.77. The SMILES string of the molecule is CNCC#CC1=CC=C(F)CN1. The number of rotatable bonds is 1. The van der Waals surface area contributed by atoms with Crippen LogP contribution in [-0.4, -0.2) is 20.1 Å². The van der Waals surface area contributed by atoms with Gasteiger partial charge in [-0.05, 0) is 25.1 Å². The standard InChI is InChI=1S/C9H11FN2/c1-11-6-2-3-9-5-4-8(10)7-12-9/h4-5,11-12H,6-7H2,1H3. The molecule has 1 rings (SSSR count). The highest BCUT2D eigenvalue weighted by molar-refractivity contribution is 5.34. The van der Waals surface area contributed by atoms with E-state index in [9.17, 15) is 4.39 Å². The highest BCUT2D eigenvalue weighted by atomic mass is 19.1. The zero-order chi connectivity index (χ0) is 8.81. The maximum absolute atomic E-state index is 12.4. The Kier molecular flexibility index (Phi) is 3.36. The molecule has 0 aromatic rings. The molecule has 1 aliphatic heterocycles. The van der Waals surface area contributed by atoms with E-state index in [0.717, 1.165) is 5.70 Å². The fourth-order valence-corrected chi connectivity index (χ4v) is 0.785. The number of hydrogen-bond donors (Lipinski definition) is 2. The van der Waals surface area contributed by atoms with Crippen molar-refractivity contribution in [3.63, 3.8) is 0 Å². The average molecular weight is 166 g/mol. The highest BCUT2D eigenvalue weighted by Crippen LogP contribution is 2.03. The molecule has 0 radical (unpaired) electrons. The molecule has 1 heterocycles. The summed E-state index contributed by atoms with van der Waals surface area (Å²) >= 11 is 0. The van der Waals surface area contributed by atoms with Gasteiger partial charge in [-0.15, -0.1) is 0 Å². The molecule has 3 heteroatoms. The van der Waals surface area contributed by atoms with Crippen molar-refractivity contribution >= 4 is 0 Å². The molecule has 0 aliphatic carbocycles. The summed E-state index contributed by atoms with van der Waals surface area (Å²) in [5, 5.41) is 5.74. The topological polar surface area (TPSA) is 24.1 Å². The van der Waals surface area contributed by atoms with Crippen molar-refractivity contribution in [1.29, 1.82) is 0 Å². The van der Waals surface area contributed by atoms with Crippen LogP contribution in [0.15, 0.2) is 23.7 Å². The maximum Gasteiger partial charge on any atom is 0.119 e. The molecule has 1 aliphatic rings. The van der Waals surface area contributed by atoms with Crippen molar-refractivity contribution in [2.24, 2.45) is 0 Å². The van der Waals surface area contributed by atoms with Gasteiger partial charge in [-0.25, -0.2) is 4.39 Å². The quantitative estimate of drug-likeness (QED) is 0.556. The van der Waals surface area contributed by atoms with Crippen molar-refractivity contribution in [3.8, 4) is 11.8 Å². The monoisotopic (exact) mass is 166 g/mol. The summed E-state index contributed by atoms with van der Waals surface area (Å²) in [6, 6.07) is 0. The zero-order valence-electron chi connectivity index (χ0n) is 6.95. The van der Waals surface area contributed by atoms with Crippen LogP contribution in [0.1, 0.15) is 0 Å². The third-order valence-electron chi connectivity index (χ3n) is 1.37. The molecule has 0 saturated carbocycles. The van der Waals surface area contributed by atoms with Gasteiger partial charge >= 0.3 is 0 Å². The molecule has 0 saturated heterocycles. The molecule has 12 heavy (non-hydrogen) atoms. The first kappa shape index (κ1) is 8.82. The molecule has 0 fully saturated rings. The number of nitrogens with one attached hydrogen (secondary N) is 2. The summed E-state index contributed by atoms with van der Waals surface area (Å²) in [6.07, 6.45) is 3.07. The van der Waals surface area contributed by atoms with E-state index in [1.54, 1.807) is 6.08 Å². The second-order valence-electron chi connectivity index (χ2n) is 2.38. The largest absolute Gasteiger partial charge is 0.372 e. The Bertz CT molecular complexity index is 268. The average Bonchev–Trinajstić information content (AvgIpc) is 2.09. The minimum atomic E-state index is -0.158. The Morgan fingerprint density at radius 1 is 1.67 bits per heavy atom. The lowest BCUT2D eigenvalue weighted by molar-refractivity contribution is 0.590. The van der Waals surface area contributed by atoms with Gasteiger partial charge in [0.1, 0.15) is 5.83 Å². The van der Waals surface area contributed by atoms with E-state index in [-0.39, 0.29) is 12.4 Å². The fourth-order valence-electron chi connectivity index (χ4n) is 0.785. The predicted molar refractivity (Wildman–Crippen MR) is 47.0 cm³/mol. The molecule has 0 atom stereocenters. The van der Waals surface area contributed by atoms with Gasteiger partial charge in [-0.2, -0.15) is 0 Å². The maximum atomic E-state index is 12.4. The Morgan fingerprint density at radius 3 is 3.08 bits per heavy atom. The van der Waals surface area contributed by atoms with Gasteiger partial charge in [0.2, 0.25) is 0 Å². The van der Waals surface area contributed by atoms with E-state index in [1.807, 2.05) is 7.05 Å². The third-order valence-corrected chi connectivity index (χ3v) is 1.37. The van der Waals surface area contributed by atoms with E-state index in [4.69, 9.17) is 0 Å². The van der Waals surface area contributed by atoms with Crippen molar-refractivity contribution in [2.45, 2.75) is 0 Å². The van der Waals surface area contributed by atoms with Crippen LogP contribution in [0.2, 0.25) is 0 Å². The molecule has 2 nitrogen and oxygen atoms in total. The molecule has 2 N–H and O–H groups in total. The first-order chi connectivity index (χ1) is 5.83. The van der Waals surface area contributed by atoms with Crippen LogP contribution in [0.25, 0.3) is 0 Å². The molecule has 0 bridgehead atoms. The molecular weight excluding hydrogens is 155 g/mol. The Morgan fingerprint density at radius 2 is 2.50 bits per heavy atom. The number of allylic oxidation sites excluding steroid dienone is 3. The molecule has 0 spiro atoms. The molecule has 0 aromatic heterocycles. The summed E-state index contributed by atoms with van der Waals surface area (Å²) in [5.41, 5.74) is 0.770. The van der Waals surface area contributed by atoms with E-state index < -0.39 is 0 Å². The summed E-state index contributed by atoms with van der Waals surface area (Å²) in [4.78, 5) is 0. The highest BCUT2D eigenvalue weighted by Gasteiger charge is 2.00. The van der Waals surface area contributed by atoms with Gasteiger partial charge in [0.05, 0.1) is 18.8 Å². The Labute approximate surface area is 71.5 Å². The Hall–Kier alpha value is -1.27. The predicted octanol–water partition coefficient (Wildman–Crippen LogP) is 0.550. The van der Waals surface area contributed by atoms with Crippen LogP contribution in [0.4, 0.5) is 4.39 Å². The smallest absolute Gasteiger partial charge is 0.119 e. The number of halogens is 1. The second kappa shape index (κ2) is 4.58. The Balaban J connectivity index is 2.50. The van der Waals surface area contributed by atoms with Crippen LogP contribution >= 0.6 is 0 Å². The minimum Gasteiger partial charge on any atom is -0.372 e. The first-order valence-electron chi connectivity index (χ1n) is 3.76. The molecule has 0 aromatic carbocycles. The summed E-state index contributed by atoms with van der Waals surface area (Å²) in [7, 11) is 1.83. The lowest BCUT2D eigenvalue weighted by atomic mass is 10.3. The molecule has 64 valence electrons. The van der Waals surface area contributed by atoms with Crippen molar-refractivity contribution < 1.29 is 4.39 Å². The van der Waals surface area contributed by atoms with Gasteiger partial charge in [-0.1, -0.05) is 5.92 Å². The van der Waals surface area contributed by atoms with Crippen LogP contribution < -0.4 is 10.6 Å². The van der Waals surface area contributed by atoms with Crippen LogP contribution in [0.5, 0.6) is 0 Å². The van der Waals surface area contributed by atoms with Crippen LogP contribution in [0, 0.1) is 11.8 Å². The van der Waals surface area contributed by atoms with Crippen molar-refractivity contribution in [2.75, 3.05) is 20.1 Å². The fraction of sp³-hybridized carbons (Fsp3) is 0.333. The zero-order valence-corrected chi connectivity index (χ0v) is 6.95. The lowest BCUT2D eigenvalue weighted by Gasteiger charge is -2.06. The van der Waals surface area contributed by atoms with E-state index >= 15 is 0 Å². The molecular formula is C9H11FN2. The second-order valence-corrected chi connectivity index (χ2v) is 2.38. The van der Waals surface area contributed by atoms with Crippen molar-refractivity contribution in [1.82, 2.24) is 10.6 Å². The van der Waals surface area contributed by atoms with Crippen LogP contribution in [0.3, 0.4) is 0 Å². The first-order valence-corrected chi connectivity index (χ1v) is 3.76. The van der Waals surface area contributed by atoms with Gasteiger partial charge in [0.25, 0.3) is 0 Å². The van der Waals surface area contributed by atoms with Crippen LogP contribution in [-0.2, 0) is 0 Å². The number of dihydropyridines is 1. The summed E-state index contributed by atoms with van der Waals surface area (Å²) < 4.78 is 12.4. The molecule has 0 amide bonds. The molecule has 0 unspecified atom stereocenters. The van der Waals surface area contributed by atoms with Gasteiger partial charge in [0, 0.05) is 0 Å². The van der Waals surface area contributed by atoms with E-state index in [1.165, 1.54) is 6.08 Å². The van der Waals surface area contributed by atoms with E-state index in [0.29, 0.717) is 6.54 Å². The van der Waals surface area contributed by atoms with E-state index in [2.05, 4.69) is 22.5 Å².